The fraction of sp³-hybridized carbons (Fsp3) is 0.538. The summed E-state index contributed by atoms with van der Waals surface area (Å²) in [7, 11) is 1.64. The molecule has 0 bridgehead atoms. The van der Waals surface area contributed by atoms with Crippen molar-refractivity contribution in [2.24, 2.45) is 0 Å². The van der Waals surface area contributed by atoms with Gasteiger partial charge in [-0.05, 0) is 24.1 Å². The Balaban J connectivity index is 2.39. The second-order valence-corrected chi connectivity index (χ2v) is 3.78. The number of aliphatic hydroxyl groups excluding tert-OH is 1. The lowest BCUT2D eigenvalue weighted by Gasteiger charge is -2.11. The molecule has 1 atom stereocenters. The quantitative estimate of drug-likeness (QED) is 0.720. The fourth-order valence-electron chi connectivity index (χ4n) is 1.49. The Morgan fingerprint density at radius 2 is 2.19 bits per heavy atom. The summed E-state index contributed by atoms with van der Waals surface area (Å²) >= 11 is 0. The number of aliphatic hydroxyl groups is 1. The Morgan fingerprint density at radius 3 is 2.88 bits per heavy atom. The lowest BCUT2D eigenvalue weighted by molar-refractivity contribution is 0.0374. The predicted octanol–water partition coefficient (Wildman–Crippen LogP) is 2.03. The van der Waals surface area contributed by atoms with E-state index in [4.69, 9.17) is 9.47 Å². The van der Waals surface area contributed by atoms with Crippen molar-refractivity contribution < 1.29 is 14.6 Å². The molecule has 1 unspecified atom stereocenters. The van der Waals surface area contributed by atoms with Crippen molar-refractivity contribution in [3.8, 4) is 5.75 Å². The molecule has 0 heterocycles. The Bertz CT molecular complexity index is 299. The number of benzene rings is 1. The van der Waals surface area contributed by atoms with Crippen LogP contribution in [0.4, 0.5) is 0 Å². The molecule has 3 heteroatoms. The third kappa shape index (κ3) is 4.64. The first kappa shape index (κ1) is 13.0. The van der Waals surface area contributed by atoms with Gasteiger partial charge in [0.25, 0.3) is 0 Å². The summed E-state index contributed by atoms with van der Waals surface area (Å²) in [5.41, 5.74) is 1.06. The third-order valence-electron chi connectivity index (χ3n) is 2.26. The van der Waals surface area contributed by atoms with Crippen LogP contribution in [0.3, 0.4) is 0 Å². The Labute approximate surface area is 97.0 Å². The molecule has 0 aliphatic rings. The molecule has 3 nitrogen and oxygen atoms in total. The summed E-state index contributed by atoms with van der Waals surface area (Å²) in [4.78, 5) is 0. The molecule has 0 radical (unpaired) electrons. The molecular formula is C13H20O3. The zero-order valence-electron chi connectivity index (χ0n) is 9.98. The average molecular weight is 224 g/mol. The highest BCUT2D eigenvalue weighted by molar-refractivity contribution is 5.28. The van der Waals surface area contributed by atoms with E-state index in [1.54, 1.807) is 7.11 Å². The first-order valence-electron chi connectivity index (χ1n) is 5.65. The largest absolute Gasteiger partial charge is 0.497 e. The van der Waals surface area contributed by atoms with Gasteiger partial charge in [-0.2, -0.15) is 0 Å². The Morgan fingerprint density at radius 1 is 1.38 bits per heavy atom. The number of ether oxygens (including phenoxy) is 2. The Kier molecular flexibility index (Phi) is 5.90. The molecule has 1 aromatic carbocycles. The third-order valence-corrected chi connectivity index (χ3v) is 2.26. The zero-order valence-corrected chi connectivity index (χ0v) is 9.98. The highest BCUT2D eigenvalue weighted by Crippen LogP contribution is 2.14. The highest BCUT2D eigenvalue weighted by atomic mass is 16.5. The molecule has 0 spiro atoms. The van der Waals surface area contributed by atoms with E-state index >= 15 is 0 Å². The molecule has 90 valence electrons. The molecule has 0 aliphatic heterocycles. The van der Waals surface area contributed by atoms with Crippen molar-refractivity contribution in [3.05, 3.63) is 29.8 Å². The first-order chi connectivity index (χ1) is 7.76. The second kappa shape index (κ2) is 7.25. The lowest BCUT2D eigenvalue weighted by Crippen LogP contribution is -2.18. The standard InChI is InChI=1S/C13H20O3/c1-3-7-16-10-12(14)8-11-5-4-6-13(9-11)15-2/h4-6,9,12,14H,3,7-8,10H2,1-2H3. The van der Waals surface area contributed by atoms with Crippen LogP contribution in [-0.2, 0) is 11.2 Å². The molecule has 1 rings (SSSR count). The van der Waals surface area contributed by atoms with Gasteiger partial charge >= 0.3 is 0 Å². The molecule has 1 N–H and O–H groups in total. The van der Waals surface area contributed by atoms with Gasteiger partial charge in [0.05, 0.1) is 19.8 Å². The van der Waals surface area contributed by atoms with E-state index in [0.29, 0.717) is 19.6 Å². The van der Waals surface area contributed by atoms with Crippen LogP contribution in [-0.4, -0.2) is 31.5 Å². The lowest BCUT2D eigenvalue weighted by atomic mass is 10.1. The van der Waals surface area contributed by atoms with Gasteiger partial charge in [0, 0.05) is 13.0 Å². The fourth-order valence-corrected chi connectivity index (χ4v) is 1.49. The van der Waals surface area contributed by atoms with E-state index in [2.05, 4.69) is 6.92 Å². The topological polar surface area (TPSA) is 38.7 Å². The minimum absolute atomic E-state index is 0.394. The van der Waals surface area contributed by atoms with E-state index in [1.165, 1.54) is 0 Å². The summed E-state index contributed by atoms with van der Waals surface area (Å²) in [6.45, 7) is 3.15. The van der Waals surface area contributed by atoms with E-state index in [9.17, 15) is 5.11 Å². The van der Waals surface area contributed by atoms with E-state index < -0.39 is 6.10 Å². The monoisotopic (exact) mass is 224 g/mol. The number of hydrogen-bond acceptors (Lipinski definition) is 3. The van der Waals surface area contributed by atoms with Gasteiger partial charge in [-0.25, -0.2) is 0 Å². The summed E-state index contributed by atoms with van der Waals surface area (Å²) < 4.78 is 10.4. The number of methoxy groups -OCH3 is 1. The van der Waals surface area contributed by atoms with Crippen molar-refractivity contribution in [1.29, 1.82) is 0 Å². The maximum absolute atomic E-state index is 9.73. The van der Waals surface area contributed by atoms with Crippen molar-refractivity contribution in [1.82, 2.24) is 0 Å². The maximum atomic E-state index is 9.73. The first-order valence-corrected chi connectivity index (χ1v) is 5.65. The molecule has 0 amide bonds. The summed E-state index contributed by atoms with van der Waals surface area (Å²) in [6, 6.07) is 7.73. The molecular weight excluding hydrogens is 204 g/mol. The number of hydrogen-bond donors (Lipinski definition) is 1. The summed E-state index contributed by atoms with van der Waals surface area (Å²) in [6.07, 6.45) is 1.13. The van der Waals surface area contributed by atoms with Gasteiger partial charge in [0.15, 0.2) is 0 Å². The molecule has 0 aliphatic carbocycles. The maximum Gasteiger partial charge on any atom is 0.119 e. The highest BCUT2D eigenvalue weighted by Gasteiger charge is 2.06. The van der Waals surface area contributed by atoms with E-state index in [0.717, 1.165) is 17.7 Å². The predicted molar refractivity (Wildman–Crippen MR) is 63.8 cm³/mol. The van der Waals surface area contributed by atoms with Crippen molar-refractivity contribution >= 4 is 0 Å². The molecule has 0 aromatic heterocycles. The normalized spacial score (nSPS) is 12.4. The molecule has 0 saturated carbocycles. The van der Waals surface area contributed by atoms with Crippen LogP contribution in [0.1, 0.15) is 18.9 Å². The van der Waals surface area contributed by atoms with Crippen molar-refractivity contribution in [2.45, 2.75) is 25.9 Å². The van der Waals surface area contributed by atoms with E-state index in [-0.39, 0.29) is 0 Å². The molecule has 0 saturated heterocycles. The van der Waals surface area contributed by atoms with Crippen LogP contribution in [0, 0.1) is 0 Å². The van der Waals surface area contributed by atoms with Crippen LogP contribution >= 0.6 is 0 Å². The van der Waals surface area contributed by atoms with Gasteiger partial charge in [0.2, 0.25) is 0 Å². The van der Waals surface area contributed by atoms with Gasteiger partial charge in [0.1, 0.15) is 5.75 Å². The van der Waals surface area contributed by atoms with Crippen LogP contribution in [0.5, 0.6) is 5.75 Å². The summed E-state index contributed by atoms with van der Waals surface area (Å²) in [5.74, 6) is 0.819. The van der Waals surface area contributed by atoms with Crippen LogP contribution in [0.25, 0.3) is 0 Å². The van der Waals surface area contributed by atoms with Gasteiger partial charge in [-0.3, -0.25) is 0 Å². The van der Waals surface area contributed by atoms with Gasteiger partial charge < -0.3 is 14.6 Å². The Hall–Kier alpha value is -1.06. The molecule has 1 aromatic rings. The average Bonchev–Trinajstić information content (AvgIpc) is 2.29. The SMILES string of the molecule is CCCOCC(O)Cc1cccc(OC)c1. The second-order valence-electron chi connectivity index (χ2n) is 3.78. The van der Waals surface area contributed by atoms with Crippen molar-refractivity contribution in [3.63, 3.8) is 0 Å². The van der Waals surface area contributed by atoms with Crippen LogP contribution < -0.4 is 4.74 Å². The van der Waals surface area contributed by atoms with Crippen LogP contribution in [0.2, 0.25) is 0 Å². The van der Waals surface area contributed by atoms with Crippen molar-refractivity contribution in [2.75, 3.05) is 20.3 Å². The van der Waals surface area contributed by atoms with Gasteiger partial charge in [-0.1, -0.05) is 19.1 Å². The summed E-state index contributed by atoms with van der Waals surface area (Å²) in [5, 5.41) is 9.73. The van der Waals surface area contributed by atoms with Gasteiger partial charge in [-0.15, -0.1) is 0 Å². The minimum atomic E-state index is -0.446. The molecule has 16 heavy (non-hydrogen) atoms. The van der Waals surface area contributed by atoms with Crippen LogP contribution in [0.15, 0.2) is 24.3 Å². The molecule has 0 fully saturated rings. The smallest absolute Gasteiger partial charge is 0.119 e. The van der Waals surface area contributed by atoms with E-state index in [1.807, 2.05) is 24.3 Å². The number of rotatable bonds is 7. The zero-order chi connectivity index (χ0) is 11.8. The minimum Gasteiger partial charge on any atom is -0.497 e.